The number of ketones is 1. The molecular weight excluding hydrogens is 624 g/mol. The standard InChI is InChI=1S/C38H40N4O7/c1-22(19-33(43)23(2)41-38(47)48-21-30-27-13-6-4-11-25(27)26-12-5-7-14-28(26)30)36(45)42-18-10-17-32(42)35(44)40-24(3)37(46)49-34-20-39-31-16-9-8-15-29(31)34/h4-9,11-16,20,22-24,30,32,39H,10,17-19,21H2,1-3H3,(H,40,44)(H,41,47)/t22-,23+,24+,32+/m1/s1. The number of esters is 1. The molecule has 49 heavy (non-hydrogen) atoms. The molecule has 11 nitrogen and oxygen atoms in total. The number of fused-ring (bicyclic) bond motifs is 4. The Morgan fingerprint density at radius 3 is 2.22 bits per heavy atom. The number of para-hydroxylation sites is 1. The second-order valence-corrected chi connectivity index (χ2v) is 12.8. The molecule has 0 radical (unpaired) electrons. The van der Waals surface area contributed by atoms with Crippen LogP contribution in [0.3, 0.4) is 0 Å². The zero-order valence-corrected chi connectivity index (χ0v) is 27.7. The van der Waals surface area contributed by atoms with Crippen molar-refractivity contribution in [3.8, 4) is 16.9 Å². The van der Waals surface area contributed by atoms with Crippen molar-refractivity contribution in [1.29, 1.82) is 0 Å². The summed E-state index contributed by atoms with van der Waals surface area (Å²) in [7, 11) is 0. The van der Waals surface area contributed by atoms with E-state index in [2.05, 4.69) is 27.8 Å². The van der Waals surface area contributed by atoms with E-state index < -0.39 is 42.0 Å². The largest absolute Gasteiger partial charge is 0.449 e. The fraction of sp³-hybridized carbons (Fsp3) is 0.342. The molecule has 1 aromatic heterocycles. The summed E-state index contributed by atoms with van der Waals surface area (Å²) in [6.07, 6.45) is 1.80. The average Bonchev–Trinajstić information content (AvgIpc) is 3.83. The van der Waals surface area contributed by atoms with Crippen LogP contribution in [0.1, 0.15) is 57.1 Å². The van der Waals surface area contributed by atoms with E-state index in [4.69, 9.17) is 9.47 Å². The van der Waals surface area contributed by atoms with Gasteiger partial charge in [0, 0.05) is 41.9 Å². The van der Waals surface area contributed by atoms with Crippen molar-refractivity contribution in [3.05, 3.63) is 90.1 Å². The Morgan fingerprint density at radius 1 is 0.857 bits per heavy atom. The van der Waals surface area contributed by atoms with Crippen LogP contribution in [0.4, 0.5) is 4.79 Å². The molecule has 254 valence electrons. The molecule has 6 rings (SSSR count). The van der Waals surface area contributed by atoms with Crippen LogP contribution in [0.25, 0.3) is 22.0 Å². The number of ether oxygens (including phenoxy) is 2. The van der Waals surface area contributed by atoms with Crippen LogP contribution < -0.4 is 15.4 Å². The minimum Gasteiger partial charge on any atom is -0.449 e. The number of aromatic amines is 1. The summed E-state index contributed by atoms with van der Waals surface area (Å²) in [4.78, 5) is 69.7. The molecule has 1 saturated heterocycles. The third kappa shape index (κ3) is 7.06. The average molecular weight is 665 g/mol. The molecule has 2 heterocycles. The summed E-state index contributed by atoms with van der Waals surface area (Å²) < 4.78 is 11.1. The zero-order valence-electron chi connectivity index (χ0n) is 27.7. The molecule has 2 aliphatic rings. The van der Waals surface area contributed by atoms with Gasteiger partial charge in [0.2, 0.25) is 11.8 Å². The van der Waals surface area contributed by atoms with E-state index in [0.717, 1.165) is 33.2 Å². The van der Waals surface area contributed by atoms with Crippen LogP contribution in [0.2, 0.25) is 0 Å². The lowest BCUT2D eigenvalue weighted by atomic mass is 9.98. The first-order valence-corrected chi connectivity index (χ1v) is 16.6. The monoisotopic (exact) mass is 664 g/mol. The normalized spacial score (nSPS) is 17.0. The molecule has 0 saturated carbocycles. The van der Waals surface area contributed by atoms with E-state index in [9.17, 15) is 24.0 Å². The molecular formula is C38H40N4O7. The van der Waals surface area contributed by atoms with Crippen molar-refractivity contribution in [1.82, 2.24) is 20.5 Å². The summed E-state index contributed by atoms with van der Waals surface area (Å²) >= 11 is 0. The number of likely N-dealkylation sites (tertiary alicyclic amines) is 1. The van der Waals surface area contributed by atoms with Crippen LogP contribution in [0, 0.1) is 5.92 Å². The number of Topliss-reactive ketones (excluding diaryl/α,β-unsaturated/α-hetero) is 1. The SMILES string of the molecule is C[C@H](CC(=O)[C@H](C)NC(=O)OCC1c2ccccc2-c2ccccc21)C(=O)N1CCC[C@H]1C(=O)N[C@@H](C)C(=O)Oc1c[nH]c2ccccc12. The summed E-state index contributed by atoms with van der Waals surface area (Å²) in [6, 6.07) is 20.8. The lowest BCUT2D eigenvalue weighted by Crippen LogP contribution is -2.51. The van der Waals surface area contributed by atoms with Crippen molar-refractivity contribution < 1.29 is 33.4 Å². The highest BCUT2D eigenvalue weighted by Gasteiger charge is 2.38. The molecule has 1 aliphatic heterocycles. The van der Waals surface area contributed by atoms with E-state index in [1.807, 2.05) is 60.7 Å². The van der Waals surface area contributed by atoms with Crippen molar-refractivity contribution in [2.45, 2.75) is 64.1 Å². The van der Waals surface area contributed by atoms with Gasteiger partial charge in [-0.15, -0.1) is 0 Å². The smallest absolute Gasteiger partial charge is 0.407 e. The van der Waals surface area contributed by atoms with Crippen molar-refractivity contribution in [2.75, 3.05) is 13.2 Å². The number of amides is 3. The van der Waals surface area contributed by atoms with Gasteiger partial charge in [-0.2, -0.15) is 0 Å². The highest BCUT2D eigenvalue weighted by atomic mass is 16.5. The van der Waals surface area contributed by atoms with Crippen LogP contribution in [0.5, 0.6) is 5.75 Å². The molecule has 4 atom stereocenters. The van der Waals surface area contributed by atoms with Crippen LogP contribution in [-0.2, 0) is 23.9 Å². The summed E-state index contributed by atoms with van der Waals surface area (Å²) in [5, 5.41) is 6.03. The molecule has 1 fully saturated rings. The number of carbonyl (C=O) groups is 5. The van der Waals surface area contributed by atoms with Gasteiger partial charge in [-0.25, -0.2) is 9.59 Å². The number of nitrogens with one attached hydrogen (secondary N) is 3. The Bertz CT molecular complexity index is 1860. The molecule has 11 heteroatoms. The number of benzene rings is 3. The Kier molecular flexibility index (Phi) is 9.80. The van der Waals surface area contributed by atoms with Gasteiger partial charge in [-0.3, -0.25) is 14.4 Å². The molecule has 4 aromatic rings. The maximum absolute atomic E-state index is 13.4. The van der Waals surface area contributed by atoms with Gasteiger partial charge in [0.15, 0.2) is 11.5 Å². The first kappa shape index (κ1) is 33.5. The lowest BCUT2D eigenvalue weighted by Gasteiger charge is -2.27. The number of rotatable bonds is 11. The van der Waals surface area contributed by atoms with E-state index in [1.165, 1.54) is 11.8 Å². The third-order valence-corrected chi connectivity index (χ3v) is 9.40. The van der Waals surface area contributed by atoms with Crippen molar-refractivity contribution in [3.63, 3.8) is 0 Å². The Balaban J connectivity index is 0.974. The molecule has 3 amide bonds. The fourth-order valence-electron chi connectivity index (χ4n) is 6.74. The highest BCUT2D eigenvalue weighted by Crippen LogP contribution is 2.44. The van der Waals surface area contributed by atoms with Crippen LogP contribution >= 0.6 is 0 Å². The number of nitrogens with zero attached hydrogens (tertiary/aromatic N) is 1. The number of alkyl carbamates (subject to hydrolysis) is 1. The molecule has 3 N–H and O–H groups in total. The van der Waals surface area contributed by atoms with Gasteiger partial charge in [-0.05, 0) is 61.1 Å². The van der Waals surface area contributed by atoms with Crippen molar-refractivity contribution in [2.24, 2.45) is 5.92 Å². The van der Waals surface area contributed by atoms with Gasteiger partial charge in [0.05, 0.1) is 6.04 Å². The molecule has 1 aliphatic carbocycles. The fourth-order valence-corrected chi connectivity index (χ4v) is 6.74. The molecule has 0 spiro atoms. The van der Waals surface area contributed by atoms with E-state index in [-0.39, 0.29) is 30.6 Å². The maximum Gasteiger partial charge on any atom is 0.407 e. The quantitative estimate of drug-likeness (QED) is 0.189. The zero-order chi connectivity index (χ0) is 34.7. The van der Waals surface area contributed by atoms with E-state index in [0.29, 0.717) is 25.1 Å². The van der Waals surface area contributed by atoms with Crippen molar-refractivity contribution >= 4 is 40.6 Å². The second-order valence-electron chi connectivity index (χ2n) is 12.8. The minimum absolute atomic E-state index is 0.111. The van der Waals surface area contributed by atoms with E-state index >= 15 is 0 Å². The maximum atomic E-state index is 13.4. The van der Waals surface area contributed by atoms with Gasteiger partial charge >= 0.3 is 12.1 Å². The number of aromatic nitrogens is 1. The Labute approximate surface area is 284 Å². The Morgan fingerprint density at radius 2 is 1.51 bits per heavy atom. The molecule has 3 aromatic carbocycles. The predicted molar refractivity (Wildman–Crippen MR) is 183 cm³/mol. The number of H-pyrrole nitrogens is 1. The topological polar surface area (TPSA) is 147 Å². The van der Waals surface area contributed by atoms with E-state index in [1.54, 1.807) is 20.0 Å². The van der Waals surface area contributed by atoms with Crippen LogP contribution in [-0.4, -0.2) is 70.8 Å². The van der Waals surface area contributed by atoms with Gasteiger partial charge in [-0.1, -0.05) is 67.6 Å². The lowest BCUT2D eigenvalue weighted by molar-refractivity contribution is -0.144. The number of carbonyl (C=O) groups excluding carboxylic acids is 5. The highest BCUT2D eigenvalue weighted by molar-refractivity contribution is 5.95. The predicted octanol–water partition coefficient (Wildman–Crippen LogP) is 5.09. The summed E-state index contributed by atoms with van der Waals surface area (Å²) in [5.41, 5.74) is 5.22. The summed E-state index contributed by atoms with van der Waals surface area (Å²) in [6.45, 7) is 5.20. The van der Waals surface area contributed by atoms with Crippen LogP contribution in [0.15, 0.2) is 79.0 Å². The molecule has 0 bridgehead atoms. The van der Waals surface area contributed by atoms with Gasteiger partial charge in [0.25, 0.3) is 0 Å². The van der Waals surface area contributed by atoms with Gasteiger partial charge in [0.1, 0.15) is 18.7 Å². The molecule has 0 unspecified atom stereocenters. The van der Waals surface area contributed by atoms with Gasteiger partial charge < -0.3 is 30.0 Å². The Hall–Kier alpha value is -5.45. The number of hydrogen-bond acceptors (Lipinski definition) is 7. The third-order valence-electron chi connectivity index (χ3n) is 9.40. The first-order chi connectivity index (χ1) is 23.6. The second kappa shape index (κ2) is 14.3. The first-order valence-electron chi connectivity index (χ1n) is 16.6. The minimum atomic E-state index is -0.956. The number of hydrogen-bond donors (Lipinski definition) is 3. The summed E-state index contributed by atoms with van der Waals surface area (Å²) in [5.74, 6) is -2.24.